The molecule has 3 heteroatoms. The lowest BCUT2D eigenvalue weighted by molar-refractivity contribution is -0.134. The summed E-state index contributed by atoms with van der Waals surface area (Å²) in [6.45, 7) is 6.94. The molecule has 0 atom stereocenters. The highest BCUT2D eigenvalue weighted by atomic mass is 16.2. The van der Waals surface area contributed by atoms with E-state index < -0.39 is 0 Å². The molecule has 1 N–H and O–H groups in total. The van der Waals surface area contributed by atoms with E-state index in [9.17, 15) is 4.79 Å². The van der Waals surface area contributed by atoms with Crippen LogP contribution in [0.3, 0.4) is 0 Å². The summed E-state index contributed by atoms with van der Waals surface area (Å²) in [5.74, 6) is 0.318. The Labute approximate surface area is 138 Å². The molecule has 1 saturated heterocycles. The molecule has 3 nitrogen and oxygen atoms in total. The second-order valence-corrected chi connectivity index (χ2v) is 6.82. The molecule has 0 aromatic heterocycles. The second-order valence-electron chi connectivity index (χ2n) is 6.82. The summed E-state index contributed by atoms with van der Waals surface area (Å²) < 4.78 is 0. The Morgan fingerprint density at radius 3 is 1.95 bits per heavy atom. The fourth-order valence-corrected chi connectivity index (χ4v) is 3.43. The largest absolute Gasteiger partial charge is 0.337 e. The van der Waals surface area contributed by atoms with Gasteiger partial charge in [0.15, 0.2) is 0 Å². The molecular weight excluding hydrogens is 272 g/mol. The van der Waals surface area contributed by atoms with Gasteiger partial charge < -0.3 is 10.2 Å². The van der Waals surface area contributed by atoms with Gasteiger partial charge >= 0.3 is 0 Å². The number of amides is 1. The quantitative estimate of drug-likeness (QED) is 0.508. The van der Waals surface area contributed by atoms with Gasteiger partial charge in [-0.2, -0.15) is 0 Å². The number of nitrogens with zero attached hydrogens (tertiary/aromatic N) is 1. The molecule has 0 radical (unpaired) electrons. The lowest BCUT2D eigenvalue weighted by Gasteiger charge is -2.35. The number of rotatable bonds is 13. The van der Waals surface area contributed by atoms with Crippen LogP contribution in [0.4, 0.5) is 0 Å². The van der Waals surface area contributed by atoms with Crippen LogP contribution in [0.5, 0.6) is 0 Å². The summed E-state index contributed by atoms with van der Waals surface area (Å²) in [7, 11) is 0. The van der Waals surface area contributed by atoms with Crippen LogP contribution in [0.15, 0.2) is 0 Å². The number of piperazine rings is 1. The molecule has 0 bridgehead atoms. The predicted octanol–water partition coefficient (Wildman–Crippen LogP) is 4.51. The third kappa shape index (κ3) is 8.17. The smallest absolute Gasteiger partial charge is 0.236 e. The Morgan fingerprint density at radius 2 is 1.45 bits per heavy atom. The first-order chi connectivity index (χ1) is 10.8. The highest BCUT2D eigenvalue weighted by Crippen LogP contribution is 2.19. The van der Waals surface area contributed by atoms with E-state index in [1.165, 1.54) is 77.0 Å². The van der Waals surface area contributed by atoms with Crippen LogP contribution in [0, 0.1) is 0 Å². The van der Waals surface area contributed by atoms with Gasteiger partial charge in [0, 0.05) is 19.1 Å². The van der Waals surface area contributed by atoms with E-state index in [2.05, 4.69) is 24.1 Å². The molecule has 0 unspecified atom stereocenters. The van der Waals surface area contributed by atoms with Crippen molar-refractivity contribution >= 4 is 5.91 Å². The van der Waals surface area contributed by atoms with Crippen LogP contribution in [-0.4, -0.2) is 36.5 Å². The van der Waals surface area contributed by atoms with Gasteiger partial charge in [-0.1, -0.05) is 78.1 Å². The number of hydrogen-bond donors (Lipinski definition) is 1. The van der Waals surface area contributed by atoms with Gasteiger partial charge in [0.25, 0.3) is 0 Å². The molecule has 0 aromatic carbocycles. The molecule has 0 saturated carbocycles. The summed E-state index contributed by atoms with van der Waals surface area (Å²) in [6.07, 6.45) is 15.7. The minimum Gasteiger partial charge on any atom is -0.337 e. The summed E-state index contributed by atoms with van der Waals surface area (Å²) in [5, 5.41) is 3.20. The normalized spacial score (nSPS) is 15.8. The van der Waals surface area contributed by atoms with E-state index in [0.717, 1.165) is 13.1 Å². The molecule has 1 amide bonds. The van der Waals surface area contributed by atoms with Crippen LogP contribution in [0.2, 0.25) is 0 Å². The highest BCUT2D eigenvalue weighted by molar-refractivity contribution is 5.79. The monoisotopic (exact) mass is 310 g/mol. The van der Waals surface area contributed by atoms with Crippen LogP contribution >= 0.6 is 0 Å². The van der Waals surface area contributed by atoms with Crippen molar-refractivity contribution in [3.8, 4) is 0 Å². The highest BCUT2D eigenvalue weighted by Gasteiger charge is 2.25. The molecule has 22 heavy (non-hydrogen) atoms. The van der Waals surface area contributed by atoms with Crippen LogP contribution in [0.1, 0.15) is 90.9 Å². The van der Waals surface area contributed by atoms with Gasteiger partial charge in [-0.3, -0.25) is 4.79 Å². The first-order valence-corrected chi connectivity index (χ1v) is 9.79. The summed E-state index contributed by atoms with van der Waals surface area (Å²) in [4.78, 5) is 14.3. The van der Waals surface area contributed by atoms with Crippen molar-refractivity contribution in [1.82, 2.24) is 10.2 Å². The number of carbonyl (C=O) groups excluding carboxylic acids is 1. The molecule has 130 valence electrons. The molecule has 1 heterocycles. The van der Waals surface area contributed by atoms with E-state index in [0.29, 0.717) is 18.5 Å². The van der Waals surface area contributed by atoms with Crippen molar-refractivity contribution in [2.45, 2.75) is 96.9 Å². The summed E-state index contributed by atoms with van der Waals surface area (Å²) in [5.41, 5.74) is 0. The van der Waals surface area contributed by atoms with Gasteiger partial charge in [-0.25, -0.2) is 0 Å². The third-order valence-electron chi connectivity index (χ3n) is 4.85. The Hall–Kier alpha value is -0.570. The lowest BCUT2D eigenvalue weighted by Crippen LogP contribution is -2.52. The number of hydrogen-bond acceptors (Lipinski definition) is 2. The van der Waals surface area contributed by atoms with Gasteiger partial charge in [0.2, 0.25) is 5.91 Å². The molecule has 1 aliphatic rings. The molecule has 1 aliphatic heterocycles. The SMILES string of the molecule is CCCCCCCC(CCCCCCC)N1CCNCC1=O. The van der Waals surface area contributed by atoms with Crippen molar-refractivity contribution in [3.05, 3.63) is 0 Å². The number of carbonyl (C=O) groups is 1. The van der Waals surface area contributed by atoms with Crippen LogP contribution in [0.25, 0.3) is 0 Å². The van der Waals surface area contributed by atoms with Crippen LogP contribution in [-0.2, 0) is 4.79 Å². The maximum absolute atomic E-state index is 12.2. The van der Waals surface area contributed by atoms with E-state index in [-0.39, 0.29) is 0 Å². The zero-order valence-electron chi connectivity index (χ0n) is 15.0. The van der Waals surface area contributed by atoms with Gasteiger partial charge in [0.1, 0.15) is 0 Å². The van der Waals surface area contributed by atoms with E-state index in [1.54, 1.807) is 0 Å². The average Bonchev–Trinajstić information content (AvgIpc) is 2.53. The Bertz CT molecular complexity index is 267. The molecule has 0 aliphatic carbocycles. The Balaban J connectivity index is 2.33. The Kier molecular flexibility index (Phi) is 11.4. The fourth-order valence-electron chi connectivity index (χ4n) is 3.43. The maximum Gasteiger partial charge on any atom is 0.236 e. The first-order valence-electron chi connectivity index (χ1n) is 9.79. The first kappa shape index (κ1) is 19.5. The molecule has 1 fully saturated rings. The zero-order chi connectivity index (χ0) is 16.0. The van der Waals surface area contributed by atoms with E-state index >= 15 is 0 Å². The Morgan fingerprint density at radius 1 is 0.909 bits per heavy atom. The van der Waals surface area contributed by atoms with Crippen LogP contribution < -0.4 is 5.32 Å². The van der Waals surface area contributed by atoms with E-state index in [4.69, 9.17) is 0 Å². The molecule has 0 spiro atoms. The van der Waals surface area contributed by atoms with Gasteiger partial charge in [-0.15, -0.1) is 0 Å². The summed E-state index contributed by atoms with van der Waals surface area (Å²) >= 11 is 0. The maximum atomic E-state index is 12.2. The summed E-state index contributed by atoms with van der Waals surface area (Å²) in [6, 6.07) is 0.498. The third-order valence-corrected chi connectivity index (χ3v) is 4.85. The average molecular weight is 311 g/mol. The van der Waals surface area contributed by atoms with Crippen molar-refractivity contribution in [2.24, 2.45) is 0 Å². The van der Waals surface area contributed by atoms with Gasteiger partial charge in [-0.05, 0) is 12.8 Å². The fraction of sp³-hybridized carbons (Fsp3) is 0.947. The van der Waals surface area contributed by atoms with Crippen molar-refractivity contribution in [2.75, 3.05) is 19.6 Å². The standard InChI is InChI=1S/C19H38N2O/c1-3-5-7-9-11-13-18(14-12-10-8-6-4-2)21-16-15-20-17-19(21)22/h18,20H,3-17H2,1-2H3. The van der Waals surface area contributed by atoms with Crippen molar-refractivity contribution in [3.63, 3.8) is 0 Å². The molecule has 0 aromatic rings. The number of unbranched alkanes of at least 4 members (excludes halogenated alkanes) is 8. The minimum absolute atomic E-state index is 0.318. The second kappa shape index (κ2) is 12.9. The van der Waals surface area contributed by atoms with Crippen molar-refractivity contribution < 1.29 is 4.79 Å². The zero-order valence-corrected chi connectivity index (χ0v) is 15.0. The lowest BCUT2D eigenvalue weighted by atomic mass is 9.98. The number of nitrogens with one attached hydrogen (secondary N) is 1. The van der Waals surface area contributed by atoms with Gasteiger partial charge in [0.05, 0.1) is 6.54 Å². The topological polar surface area (TPSA) is 32.3 Å². The predicted molar refractivity (Wildman–Crippen MR) is 95.1 cm³/mol. The van der Waals surface area contributed by atoms with E-state index in [1.807, 2.05) is 0 Å². The molecular formula is C19H38N2O. The van der Waals surface area contributed by atoms with Crippen molar-refractivity contribution in [1.29, 1.82) is 0 Å². The minimum atomic E-state index is 0.318. The molecule has 1 rings (SSSR count).